The minimum absolute atomic E-state index is 0.0390. The molecular formula is C17H32N2O. The molecule has 116 valence electrons. The van der Waals surface area contributed by atoms with Gasteiger partial charge in [0.2, 0.25) is 5.91 Å². The molecule has 0 radical (unpaired) electrons. The van der Waals surface area contributed by atoms with Crippen molar-refractivity contribution in [3.8, 4) is 0 Å². The van der Waals surface area contributed by atoms with Crippen LogP contribution in [0.3, 0.4) is 0 Å². The summed E-state index contributed by atoms with van der Waals surface area (Å²) >= 11 is 0. The molecule has 3 heteroatoms. The third kappa shape index (κ3) is 3.19. The van der Waals surface area contributed by atoms with E-state index in [1.165, 1.54) is 32.1 Å². The summed E-state index contributed by atoms with van der Waals surface area (Å²) in [5.74, 6) is 0.777. The van der Waals surface area contributed by atoms with Gasteiger partial charge in [-0.3, -0.25) is 10.1 Å². The topological polar surface area (TPSA) is 32.3 Å². The van der Waals surface area contributed by atoms with Gasteiger partial charge in [-0.1, -0.05) is 53.4 Å². The Hall–Kier alpha value is -0.570. The predicted octanol–water partition coefficient (Wildman–Crippen LogP) is 3.54. The second-order valence-corrected chi connectivity index (χ2v) is 7.29. The molecule has 0 aromatic carbocycles. The van der Waals surface area contributed by atoms with Crippen molar-refractivity contribution in [1.82, 2.24) is 10.2 Å². The van der Waals surface area contributed by atoms with Crippen LogP contribution in [0.1, 0.15) is 72.6 Å². The van der Waals surface area contributed by atoms with Crippen molar-refractivity contribution in [1.29, 1.82) is 0 Å². The van der Waals surface area contributed by atoms with Gasteiger partial charge in [0.05, 0.1) is 12.2 Å². The van der Waals surface area contributed by atoms with E-state index in [0.29, 0.717) is 17.2 Å². The molecule has 1 aliphatic carbocycles. The van der Waals surface area contributed by atoms with E-state index in [1.807, 2.05) is 0 Å². The van der Waals surface area contributed by atoms with E-state index in [1.54, 1.807) is 0 Å². The average Bonchev–Trinajstić information content (AvgIpc) is 2.75. The Labute approximate surface area is 124 Å². The normalized spacial score (nSPS) is 31.6. The first-order chi connectivity index (χ1) is 9.50. The highest BCUT2D eigenvalue weighted by molar-refractivity contribution is 5.84. The van der Waals surface area contributed by atoms with Crippen LogP contribution in [0.25, 0.3) is 0 Å². The van der Waals surface area contributed by atoms with Gasteiger partial charge in [-0.05, 0) is 30.6 Å². The molecule has 0 aromatic rings. The Kier molecular flexibility index (Phi) is 5.11. The molecule has 1 saturated carbocycles. The summed E-state index contributed by atoms with van der Waals surface area (Å²) in [5.41, 5.74) is 0.341. The van der Waals surface area contributed by atoms with Crippen LogP contribution >= 0.6 is 0 Å². The molecule has 3 nitrogen and oxygen atoms in total. The van der Waals surface area contributed by atoms with Crippen LogP contribution in [0.2, 0.25) is 0 Å². The third-order valence-electron chi connectivity index (χ3n) is 5.51. The number of carbonyl (C=O) groups excluding carboxylic acids is 1. The Balaban J connectivity index is 2.06. The van der Waals surface area contributed by atoms with Gasteiger partial charge in [0, 0.05) is 6.54 Å². The summed E-state index contributed by atoms with van der Waals surface area (Å²) in [7, 11) is 0. The molecule has 0 bridgehead atoms. The van der Waals surface area contributed by atoms with E-state index in [4.69, 9.17) is 0 Å². The smallest absolute Gasteiger partial charge is 0.241 e. The van der Waals surface area contributed by atoms with E-state index < -0.39 is 0 Å². The van der Waals surface area contributed by atoms with Crippen LogP contribution < -0.4 is 5.32 Å². The Morgan fingerprint density at radius 3 is 2.50 bits per heavy atom. The highest BCUT2D eigenvalue weighted by Gasteiger charge is 2.43. The number of hydrogen-bond acceptors (Lipinski definition) is 2. The lowest BCUT2D eigenvalue weighted by Crippen LogP contribution is -2.44. The molecule has 1 N–H and O–H groups in total. The second kappa shape index (κ2) is 6.46. The number of hydrogen-bond donors (Lipinski definition) is 1. The Morgan fingerprint density at radius 2 is 1.95 bits per heavy atom. The predicted molar refractivity (Wildman–Crippen MR) is 83.4 cm³/mol. The molecular weight excluding hydrogens is 248 g/mol. The van der Waals surface area contributed by atoms with Crippen molar-refractivity contribution in [3.63, 3.8) is 0 Å². The number of rotatable bonds is 5. The summed E-state index contributed by atoms with van der Waals surface area (Å²) in [4.78, 5) is 14.9. The summed E-state index contributed by atoms with van der Waals surface area (Å²) in [6.45, 7) is 9.87. The van der Waals surface area contributed by atoms with Crippen LogP contribution in [0, 0.1) is 11.3 Å². The lowest BCUT2D eigenvalue weighted by molar-refractivity contribution is -0.132. The average molecular weight is 280 g/mol. The van der Waals surface area contributed by atoms with Crippen LogP contribution in [0.5, 0.6) is 0 Å². The minimum atomic E-state index is 0.0390. The lowest BCUT2D eigenvalue weighted by atomic mass is 9.75. The van der Waals surface area contributed by atoms with Crippen molar-refractivity contribution < 1.29 is 4.79 Å². The van der Waals surface area contributed by atoms with Crippen LogP contribution in [-0.2, 0) is 4.79 Å². The number of nitrogens with zero attached hydrogens (tertiary/aromatic N) is 1. The fourth-order valence-electron chi connectivity index (χ4n) is 3.85. The third-order valence-corrected chi connectivity index (χ3v) is 5.51. The van der Waals surface area contributed by atoms with E-state index in [-0.39, 0.29) is 12.2 Å². The minimum Gasteiger partial charge on any atom is -0.325 e. The molecule has 2 aliphatic rings. The molecule has 0 spiro atoms. The second-order valence-electron chi connectivity index (χ2n) is 7.29. The monoisotopic (exact) mass is 280 g/mol. The van der Waals surface area contributed by atoms with E-state index in [2.05, 4.69) is 37.9 Å². The maximum Gasteiger partial charge on any atom is 0.241 e. The lowest BCUT2D eigenvalue weighted by Gasteiger charge is -2.38. The molecule has 2 rings (SSSR count). The quantitative estimate of drug-likeness (QED) is 0.835. The largest absolute Gasteiger partial charge is 0.325 e. The molecule has 3 unspecified atom stereocenters. The van der Waals surface area contributed by atoms with Gasteiger partial charge in [-0.25, -0.2) is 0 Å². The molecule has 1 aliphatic heterocycles. The van der Waals surface area contributed by atoms with Crippen molar-refractivity contribution in [2.24, 2.45) is 11.3 Å². The summed E-state index contributed by atoms with van der Waals surface area (Å²) < 4.78 is 0. The number of amides is 1. The number of nitrogens with one attached hydrogen (secondary N) is 1. The van der Waals surface area contributed by atoms with E-state index >= 15 is 0 Å². The van der Waals surface area contributed by atoms with Crippen LogP contribution in [0.15, 0.2) is 0 Å². The molecule has 0 aromatic heterocycles. The van der Waals surface area contributed by atoms with Gasteiger partial charge in [0.25, 0.3) is 0 Å². The summed E-state index contributed by atoms with van der Waals surface area (Å²) in [6.07, 6.45) is 8.91. The Morgan fingerprint density at radius 1 is 1.30 bits per heavy atom. The first-order valence-corrected chi connectivity index (χ1v) is 8.57. The fourth-order valence-corrected chi connectivity index (χ4v) is 3.85. The highest BCUT2D eigenvalue weighted by Crippen LogP contribution is 2.38. The zero-order valence-corrected chi connectivity index (χ0v) is 13.7. The van der Waals surface area contributed by atoms with Gasteiger partial charge in [-0.2, -0.15) is 0 Å². The van der Waals surface area contributed by atoms with Crippen LogP contribution in [0.4, 0.5) is 0 Å². The van der Waals surface area contributed by atoms with Gasteiger partial charge >= 0.3 is 0 Å². The van der Waals surface area contributed by atoms with Gasteiger partial charge in [0.15, 0.2) is 0 Å². The fraction of sp³-hybridized carbons (Fsp3) is 0.941. The number of carbonyl (C=O) groups is 1. The van der Waals surface area contributed by atoms with Gasteiger partial charge in [0.1, 0.15) is 0 Å². The molecule has 3 atom stereocenters. The zero-order valence-electron chi connectivity index (χ0n) is 13.7. The maximum atomic E-state index is 12.8. The molecule has 2 fully saturated rings. The van der Waals surface area contributed by atoms with Crippen molar-refractivity contribution in [3.05, 3.63) is 0 Å². The zero-order chi connectivity index (χ0) is 14.8. The first-order valence-electron chi connectivity index (χ1n) is 8.57. The summed E-state index contributed by atoms with van der Waals surface area (Å²) in [5, 5.41) is 3.57. The molecule has 1 heterocycles. The van der Waals surface area contributed by atoms with Gasteiger partial charge in [-0.15, -0.1) is 0 Å². The SMILES string of the molecule is CCC(C)C1NC(CC)N(CC2(C)CCCCC2)C1=O. The van der Waals surface area contributed by atoms with Crippen LogP contribution in [-0.4, -0.2) is 29.6 Å². The van der Waals surface area contributed by atoms with E-state index in [9.17, 15) is 4.79 Å². The van der Waals surface area contributed by atoms with Crippen molar-refractivity contribution in [2.75, 3.05) is 6.54 Å². The first kappa shape index (κ1) is 15.8. The molecule has 20 heavy (non-hydrogen) atoms. The van der Waals surface area contributed by atoms with Gasteiger partial charge < -0.3 is 4.90 Å². The maximum absolute atomic E-state index is 12.8. The van der Waals surface area contributed by atoms with Crippen molar-refractivity contribution in [2.45, 2.75) is 84.8 Å². The van der Waals surface area contributed by atoms with E-state index in [0.717, 1.165) is 19.4 Å². The summed E-state index contributed by atoms with van der Waals surface area (Å²) in [6, 6.07) is 0.0390. The Bertz CT molecular complexity index is 336. The molecule has 1 saturated heterocycles. The standard InChI is InChI=1S/C17H32N2O/c1-5-13(3)15-16(20)19(14(6-2)18-15)12-17(4)10-8-7-9-11-17/h13-15,18H,5-12H2,1-4H3. The molecule has 1 amide bonds. The highest BCUT2D eigenvalue weighted by atomic mass is 16.2. The van der Waals surface area contributed by atoms with Crippen molar-refractivity contribution >= 4 is 5.91 Å².